The van der Waals surface area contributed by atoms with Crippen molar-refractivity contribution in [3.63, 3.8) is 0 Å². The summed E-state index contributed by atoms with van der Waals surface area (Å²) < 4.78 is 10.5. The van der Waals surface area contributed by atoms with Gasteiger partial charge in [0.2, 0.25) is 0 Å². The highest BCUT2D eigenvalue weighted by Crippen LogP contribution is 2.24. The summed E-state index contributed by atoms with van der Waals surface area (Å²) in [5.74, 6) is -0.239. The molecule has 1 N–H and O–H groups in total. The Bertz CT molecular complexity index is 794. The molecule has 0 aliphatic heterocycles. The molecule has 0 saturated carbocycles. The van der Waals surface area contributed by atoms with Crippen LogP contribution in [-0.2, 0) is 11.3 Å². The molecule has 0 bridgehead atoms. The van der Waals surface area contributed by atoms with Crippen LogP contribution < -0.4 is 9.47 Å². The van der Waals surface area contributed by atoms with E-state index in [9.17, 15) is 14.7 Å². The number of methoxy groups -OCH3 is 2. The summed E-state index contributed by atoms with van der Waals surface area (Å²) in [7, 11) is 3.07. The summed E-state index contributed by atoms with van der Waals surface area (Å²) in [4.78, 5) is 25.6. The number of aryl methyl sites for hydroxylation is 1. The topological polar surface area (TPSA) is 76.1 Å². The molecule has 0 radical (unpaired) electrons. The normalized spacial score (nSPS) is 10.3. The Labute approximate surface area is 153 Å². The van der Waals surface area contributed by atoms with E-state index in [0.717, 1.165) is 16.7 Å². The number of carbonyl (C=O) groups is 2. The monoisotopic (exact) mass is 357 g/mol. The van der Waals surface area contributed by atoms with E-state index in [1.54, 1.807) is 30.3 Å². The van der Waals surface area contributed by atoms with Crippen molar-refractivity contribution >= 4 is 11.9 Å². The first-order valence-corrected chi connectivity index (χ1v) is 8.15. The minimum atomic E-state index is -1.07. The van der Waals surface area contributed by atoms with Crippen LogP contribution in [0.1, 0.15) is 27.0 Å². The van der Waals surface area contributed by atoms with E-state index in [1.165, 1.54) is 19.1 Å². The van der Waals surface area contributed by atoms with Crippen molar-refractivity contribution in [3.05, 3.63) is 58.7 Å². The number of hydrogen-bond donors (Lipinski definition) is 1. The summed E-state index contributed by atoms with van der Waals surface area (Å²) in [5.41, 5.74) is 3.05. The first-order chi connectivity index (χ1) is 12.3. The first-order valence-electron chi connectivity index (χ1n) is 8.15. The molecule has 0 heterocycles. The van der Waals surface area contributed by atoms with Crippen LogP contribution in [0.5, 0.6) is 11.5 Å². The van der Waals surface area contributed by atoms with Gasteiger partial charge in [0.15, 0.2) is 0 Å². The number of benzene rings is 2. The fourth-order valence-electron chi connectivity index (χ4n) is 2.69. The van der Waals surface area contributed by atoms with Crippen LogP contribution in [-0.4, -0.2) is 42.6 Å². The number of amides is 1. The predicted molar refractivity (Wildman–Crippen MR) is 97.8 cm³/mol. The number of aliphatic carboxylic acids is 1. The number of carbonyl (C=O) groups excluding carboxylic acids is 1. The van der Waals surface area contributed by atoms with Gasteiger partial charge in [0.1, 0.15) is 18.0 Å². The van der Waals surface area contributed by atoms with E-state index in [1.807, 2.05) is 19.9 Å². The molecule has 0 aliphatic rings. The van der Waals surface area contributed by atoms with Crippen LogP contribution >= 0.6 is 0 Å². The van der Waals surface area contributed by atoms with Crippen molar-refractivity contribution in [3.8, 4) is 11.5 Å². The van der Waals surface area contributed by atoms with Crippen LogP contribution in [0.15, 0.2) is 36.4 Å². The molecule has 2 rings (SSSR count). The number of carboxylic acid groups (broad SMARTS) is 1. The summed E-state index contributed by atoms with van der Waals surface area (Å²) >= 11 is 0. The molecule has 0 atom stereocenters. The third kappa shape index (κ3) is 4.53. The van der Waals surface area contributed by atoms with Gasteiger partial charge in [-0.2, -0.15) is 0 Å². The minimum Gasteiger partial charge on any atom is -0.497 e. The van der Waals surface area contributed by atoms with Crippen LogP contribution in [0, 0.1) is 13.8 Å². The second-order valence-electron chi connectivity index (χ2n) is 6.02. The van der Waals surface area contributed by atoms with Gasteiger partial charge in [0.25, 0.3) is 5.91 Å². The fourth-order valence-corrected chi connectivity index (χ4v) is 2.69. The molecule has 0 spiro atoms. The van der Waals surface area contributed by atoms with Gasteiger partial charge < -0.3 is 19.5 Å². The quantitative estimate of drug-likeness (QED) is 0.824. The van der Waals surface area contributed by atoms with E-state index < -0.39 is 12.5 Å². The predicted octanol–water partition coefficient (Wildman–Crippen LogP) is 3.05. The molecular weight excluding hydrogens is 334 g/mol. The SMILES string of the molecule is COc1cc(CN(CC(=O)O)C(=O)c2cccc(C)c2C)cc(OC)c1. The van der Waals surface area contributed by atoms with Crippen molar-refractivity contribution in [2.45, 2.75) is 20.4 Å². The summed E-state index contributed by atoms with van der Waals surface area (Å²) in [5, 5.41) is 9.24. The van der Waals surface area contributed by atoms with Crippen molar-refractivity contribution in [1.29, 1.82) is 0 Å². The minimum absolute atomic E-state index is 0.131. The Hall–Kier alpha value is -3.02. The summed E-state index contributed by atoms with van der Waals surface area (Å²) in [6.45, 7) is 3.51. The Morgan fingerprint density at radius 1 is 1.04 bits per heavy atom. The highest BCUT2D eigenvalue weighted by molar-refractivity contribution is 5.97. The third-order valence-corrected chi connectivity index (χ3v) is 4.23. The molecule has 6 heteroatoms. The second-order valence-corrected chi connectivity index (χ2v) is 6.02. The van der Waals surface area contributed by atoms with Crippen LogP contribution in [0.25, 0.3) is 0 Å². The maximum Gasteiger partial charge on any atom is 0.323 e. The maximum absolute atomic E-state index is 13.0. The molecular formula is C20H23NO5. The molecule has 0 aromatic heterocycles. The summed E-state index contributed by atoms with van der Waals surface area (Å²) in [6, 6.07) is 10.7. The van der Waals surface area contributed by atoms with Crippen LogP contribution in [0.4, 0.5) is 0 Å². The lowest BCUT2D eigenvalue weighted by molar-refractivity contribution is -0.137. The molecule has 1 amide bonds. The lowest BCUT2D eigenvalue weighted by atomic mass is 10.0. The lowest BCUT2D eigenvalue weighted by Gasteiger charge is -2.23. The van der Waals surface area contributed by atoms with Crippen LogP contribution in [0.3, 0.4) is 0 Å². The van der Waals surface area contributed by atoms with Crippen molar-refractivity contribution in [1.82, 2.24) is 4.90 Å². The van der Waals surface area contributed by atoms with E-state index in [2.05, 4.69) is 0 Å². The largest absolute Gasteiger partial charge is 0.497 e. The van der Waals surface area contributed by atoms with Gasteiger partial charge in [-0.25, -0.2) is 0 Å². The lowest BCUT2D eigenvalue weighted by Crippen LogP contribution is -2.35. The third-order valence-electron chi connectivity index (χ3n) is 4.23. The molecule has 6 nitrogen and oxygen atoms in total. The van der Waals surface area contributed by atoms with E-state index in [4.69, 9.17) is 9.47 Å². The average molecular weight is 357 g/mol. The van der Waals surface area contributed by atoms with E-state index >= 15 is 0 Å². The molecule has 2 aromatic rings. The number of hydrogen-bond acceptors (Lipinski definition) is 4. The molecule has 0 unspecified atom stereocenters. The second kappa shape index (κ2) is 8.38. The van der Waals surface area contributed by atoms with Gasteiger partial charge in [-0.05, 0) is 48.7 Å². The van der Waals surface area contributed by atoms with Gasteiger partial charge in [-0.3, -0.25) is 9.59 Å². The molecule has 0 fully saturated rings. The molecule has 2 aromatic carbocycles. The molecule has 26 heavy (non-hydrogen) atoms. The Kier molecular flexibility index (Phi) is 6.22. The number of ether oxygens (including phenoxy) is 2. The van der Waals surface area contributed by atoms with Gasteiger partial charge in [-0.15, -0.1) is 0 Å². The Morgan fingerprint density at radius 2 is 1.65 bits per heavy atom. The smallest absolute Gasteiger partial charge is 0.323 e. The van der Waals surface area contributed by atoms with Gasteiger partial charge in [0, 0.05) is 18.2 Å². The average Bonchev–Trinajstić information content (AvgIpc) is 2.62. The van der Waals surface area contributed by atoms with E-state index in [0.29, 0.717) is 17.1 Å². The van der Waals surface area contributed by atoms with Crippen molar-refractivity contribution < 1.29 is 24.2 Å². The Balaban J connectivity index is 2.37. The number of carboxylic acids is 1. The fraction of sp³-hybridized carbons (Fsp3) is 0.300. The van der Waals surface area contributed by atoms with Crippen molar-refractivity contribution in [2.75, 3.05) is 20.8 Å². The first kappa shape index (κ1) is 19.3. The molecule has 138 valence electrons. The zero-order valence-corrected chi connectivity index (χ0v) is 15.4. The highest BCUT2D eigenvalue weighted by atomic mass is 16.5. The van der Waals surface area contributed by atoms with Crippen LogP contribution in [0.2, 0.25) is 0 Å². The standard InChI is InChI=1S/C20H23NO5/c1-13-6-5-7-18(14(13)2)20(24)21(12-19(22)23)11-15-8-16(25-3)10-17(9-15)26-4/h5-10H,11-12H2,1-4H3,(H,22,23). The zero-order valence-electron chi connectivity index (χ0n) is 15.4. The van der Waals surface area contributed by atoms with Gasteiger partial charge in [-0.1, -0.05) is 12.1 Å². The van der Waals surface area contributed by atoms with E-state index in [-0.39, 0.29) is 12.5 Å². The maximum atomic E-state index is 13.0. The molecule has 0 aliphatic carbocycles. The zero-order chi connectivity index (χ0) is 19.3. The van der Waals surface area contributed by atoms with Crippen molar-refractivity contribution in [2.24, 2.45) is 0 Å². The van der Waals surface area contributed by atoms with Gasteiger partial charge in [0.05, 0.1) is 14.2 Å². The highest BCUT2D eigenvalue weighted by Gasteiger charge is 2.21. The number of rotatable bonds is 7. The Morgan fingerprint density at radius 3 is 2.19 bits per heavy atom. The molecule has 0 saturated heterocycles. The summed E-state index contributed by atoms with van der Waals surface area (Å²) in [6.07, 6.45) is 0. The van der Waals surface area contributed by atoms with Gasteiger partial charge >= 0.3 is 5.97 Å². The number of nitrogens with zero attached hydrogens (tertiary/aromatic N) is 1.